The lowest BCUT2D eigenvalue weighted by molar-refractivity contribution is -0.155. The molecule has 0 bridgehead atoms. The van der Waals surface area contributed by atoms with Gasteiger partial charge in [0.1, 0.15) is 11.6 Å². The third-order valence-electron chi connectivity index (χ3n) is 1.83. The maximum absolute atomic E-state index is 11.8. The Labute approximate surface area is 100 Å². The largest absolute Gasteiger partial charge is 0.458 e. The molecule has 0 aliphatic rings. The Balaban J connectivity index is 2.57. The number of anilines is 1. The second kappa shape index (κ2) is 5.30. The summed E-state index contributed by atoms with van der Waals surface area (Å²) in [5.74, 6) is -0.231. The van der Waals surface area contributed by atoms with Crippen LogP contribution in [0.5, 0.6) is 0 Å². The number of hydrogen-bond acceptors (Lipinski definition) is 5. The Morgan fingerprint density at radius 2 is 2.31 bits per heavy atom. The first-order valence-electron chi connectivity index (χ1n) is 5.31. The van der Waals surface area contributed by atoms with Crippen molar-refractivity contribution in [3.63, 3.8) is 0 Å². The maximum Gasteiger partial charge on any atom is 0.329 e. The molecule has 0 radical (unpaired) electrons. The first-order valence-corrected chi connectivity index (χ1v) is 6.19. The Bertz CT molecular complexity index is 330. The van der Waals surface area contributed by atoms with E-state index in [0.29, 0.717) is 6.42 Å². The molecule has 0 aliphatic heterocycles. The summed E-state index contributed by atoms with van der Waals surface area (Å²) >= 11 is 1.47. The van der Waals surface area contributed by atoms with Gasteiger partial charge in [0.25, 0.3) is 0 Å². The summed E-state index contributed by atoms with van der Waals surface area (Å²) in [4.78, 5) is 15.9. The quantitative estimate of drug-likeness (QED) is 0.825. The minimum Gasteiger partial charge on any atom is -0.458 e. The molecule has 1 rings (SSSR count). The van der Waals surface area contributed by atoms with Gasteiger partial charge in [0, 0.05) is 11.6 Å². The van der Waals surface area contributed by atoms with Crippen molar-refractivity contribution in [1.82, 2.24) is 4.98 Å². The fourth-order valence-corrected chi connectivity index (χ4v) is 1.73. The number of ether oxygens (including phenoxy) is 1. The zero-order chi connectivity index (χ0) is 12.2. The van der Waals surface area contributed by atoms with Crippen LogP contribution in [0.1, 0.15) is 34.1 Å². The van der Waals surface area contributed by atoms with Crippen molar-refractivity contribution in [1.29, 1.82) is 0 Å². The third kappa shape index (κ3) is 4.18. The molecule has 90 valence electrons. The van der Waals surface area contributed by atoms with E-state index >= 15 is 0 Å². The van der Waals surface area contributed by atoms with E-state index < -0.39 is 5.60 Å². The van der Waals surface area contributed by atoms with Gasteiger partial charge >= 0.3 is 5.97 Å². The normalized spacial score (nSPS) is 13.2. The molecule has 16 heavy (non-hydrogen) atoms. The van der Waals surface area contributed by atoms with E-state index in [2.05, 4.69) is 10.3 Å². The topological polar surface area (TPSA) is 51.2 Å². The molecule has 0 spiro atoms. The molecule has 1 N–H and O–H groups in total. The lowest BCUT2D eigenvalue weighted by Crippen LogP contribution is -2.36. The molecule has 1 unspecified atom stereocenters. The standard InChI is InChI=1S/C11H18N2O2S/c1-5-8(9(14)15-11(2,3)4)13-10-12-6-7-16-10/h6-8H,5H2,1-4H3,(H,12,13). The number of nitrogens with zero attached hydrogens (tertiary/aromatic N) is 1. The van der Waals surface area contributed by atoms with E-state index in [1.807, 2.05) is 33.1 Å². The number of hydrogen-bond donors (Lipinski definition) is 1. The molecule has 0 fully saturated rings. The summed E-state index contributed by atoms with van der Waals surface area (Å²) in [5, 5.41) is 5.68. The molecular weight excluding hydrogens is 224 g/mol. The van der Waals surface area contributed by atoms with Gasteiger partial charge in [-0.2, -0.15) is 0 Å². The number of carbonyl (C=O) groups excluding carboxylic acids is 1. The van der Waals surface area contributed by atoms with Crippen molar-refractivity contribution < 1.29 is 9.53 Å². The SMILES string of the molecule is CCC(Nc1nccs1)C(=O)OC(C)(C)C. The van der Waals surface area contributed by atoms with E-state index in [1.165, 1.54) is 11.3 Å². The summed E-state index contributed by atoms with van der Waals surface area (Å²) in [6, 6.07) is -0.328. The number of carbonyl (C=O) groups is 1. The lowest BCUT2D eigenvalue weighted by Gasteiger charge is -2.23. The van der Waals surface area contributed by atoms with Gasteiger partial charge < -0.3 is 10.1 Å². The monoisotopic (exact) mass is 242 g/mol. The van der Waals surface area contributed by atoms with Crippen LogP contribution >= 0.6 is 11.3 Å². The highest BCUT2D eigenvalue weighted by Crippen LogP contribution is 2.16. The molecule has 1 aromatic rings. The molecule has 1 atom stereocenters. The minimum atomic E-state index is -0.449. The average molecular weight is 242 g/mol. The van der Waals surface area contributed by atoms with Crippen LogP contribution in [0, 0.1) is 0 Å². The second-order valence-corrected chi connectivity index (χ2v) is 5.37. The first kappa shape index (κ1) is 13.0. The predicted octanol–water partition coefficient (Wildman–Crippen LogP) is 2.68. The highest BCUT2D eigenvalue weighted by Gasteiger charge is 2.24. The van der Waals surface area contributed by atoms with Gasteiger partial charge in [-0.25, -0.2) is 9.78 Å². The van der Waals surface area contributed by atoms with Gasteiger partial charge in [0.15, 0.2) is 5.13 Å². The number of nitrogens with one attached hydrogen (secondary N) is 1. The lowest BCUT2D eigenvalue weighted by atomic mass is 10.1. The van der Waals surface area contributed by atoms with Crippen LogP contribution in [0.2, 0.25) is 0 Å². The van der Waals surface area contributed by atoms with Gasteiger partial charge in [-0.1, -0.05) is 6.92 Å². The molecule has 0 saturated heterocycles. The smallest absolute Gasteiger partial charge is 0.329 e. The molecular formula is C11H18N2O2S. The number of rotatable bonds is 4. The summed E-state index contributed by atoms with van der Waals surface area (Å²) < 4.78 is 5.31. The highest BCUT2D eigenvalue weighted by atomic mass is 32.1. The highest BCUT2D eigenvalue weighted by molar-refractivity contribution is 7.13. The molecule has 0 saturated carbocycles. The third-order valence-corrected chi connectivity index (χ3v) is 2.53. The van der Waals surface area contributed by atoms with Gasteiger partial charge in [0.05, 0.1) is 0 Å². The van der Waals surface area contributed by atoms with Crippen molar-refractivity contribution in [2.75, 3.05) is 5.32 Å². The van der Waals surface area contributed by atoms with E-state index in [-0.39, 0.29) is 12.0 Å². The van der Waals surface area contributed by atoms with Crippen molar-refractivity contribution in [3.8, 4) is 0 Å². The van der Waals surface area contributed by atoms with Crippen LogP contribution in [0.25, 0.3) is 0 Å². The first-order chi connectivity index (χ1) is 7.42. The summed E-state index contributed by atoms with van der Waals surface area (Å²) in [6.45, 7) is 7.53. The van der Waals surface area contributed by atoms with Crippen LogP contribution < -0.4 is 5.32 Å². The van der Waals surface area contributed by atoms with Gasteiger partial charge in [-0.3, -0.25) is 0 Å². The van der Waals surface area contributed by atoms with E-state index in [1.54, 1.807) is 6.20 Å². The molecule has 4 nitrogen and oxygen atoms in total. The van der Waals surface area contributed by atoms with E-state index in [0.717, 1.165) is 5.13 Å². The Morgan fingerprint density at radius 3 is 2.75 bits per heavy atom. The molecule has 0 amide bonds. The zero-order valence-electron chi connectivity index (χ0n) is 10.1. The van der Waals surface area contributed by atoms with E-state index in [4.69, 9.17) is 4.74 Å². The summed E-state index contributed by atoms with van der Waals surface area (Å²) in [5.41, 5.74) is -0.449. The predicted molar refractivity (Wildman–Crippen MR) is 65.7 cm³/mol. The van der Waals surface area contributed by atoms with Gasteiger partial charge in [0.2, 0.25) is 0 Å². The van der Waals surface area contributed by atoms with E-state index in [9.17, 15) is 4.79 Å². The van der Waals surface area contributed by atoms with Crippen LogP contribution in [-0.4, -0.2) is 22.6 Å². The fourth-order valence-electron chi connectivity index (χ4n) is 1.14. The zero-order valence-corrected chi connectivity index (χ0v) is 10.9. The fraction of sp³-hybridized carbons (Fsp3) is 0.636. The van der Waals surface area contributed by atoms with Gasteiger partial charge in [-0.15, -0.1) is 11.3 Å². The van der Waals surface area contributed by atoms with Crippen LogP contribution in [0.15, 0.2) is 11.6 Å². The van der Waals surface area contributed by atoms with Crippen molar-refractivity contribution in [3.05, 3.63) is 11.6 Å². The number of aromatic nitrogens is 1. The molecule has 5 heteroatoms. The molecule has 1 heterocycles. The molecule has 0 aliphatic carbocycles. The van der Waals surface area contributed by atoms with Crippen LogP contribution in [0.4, 0.5) is 5.13 Å². The minimum absolute atomic E-state index is 0.231. The summed E-state index contributed by atoms with van der Waals surface area (Å²) in [6.07, 6.45) is 2.38. The van der Waals surface area contributed by atoms with Crippen LogP contribution in [-0.2, 0) is 9.53 Å². The summed E-state index contributed by atoms with van der Waals surface area (Å²) in [7, 11) is 0. The number of esters is 1. The maximum atomic E-state index is 11.8. The molecule has 0 aromatic carbocycles. The Kier molecular flexibility index (Phi) is 4.29. The van der Waals surface area contributed by atoms with Crippen LogP contribution in [0.3, 0.4) is 0 Å². The molecule has 1 aromatic heterocycles. The van der Waals surface area contributed by atoms with Crippen molar-refractivity contribution in [2.24, 2.45) is 0 Å². The second-order valence-electron chi connectivity index (χ2n) is 4.48. The average Bonchev–Trinajstić information content (AvgIpc) is 2.63. The van der Waals surface area contributed by atoms with Crippen molar-refractivity contribution >= 4 is 22.4 Å². The number of thiazole rings is 1. The Hall–Kier alpha value is -1.10. The van der Waals surface area contributed by atoms with Crippen molar-refractivity contribution in [2.45, 2.75) is 45.8 Å². The Morgan fingerprint density at radius 1 is 1.62 bits per heavy atom. The van der Waals surface area contributed by atoms with Gasteiger partial charge in [-0.05, 0) is 27.2 Å².